The highest BCUT2D eigenvalue weighted by molar-refractivity contribution is 4.96. The number of nitrogens with zero attached hydrogens (tertiary/aromatic N) is 1. The van der Waals surface area contributed by atoms with Crippen LogP contribution in [0.15, 0.2) is 25.3 Å². The average Bonchev–Trinajstić information content (AvgIpc) is 2.35. The fourth-order valence-electron chi connectivity index (χ4n) is 1.55. The lowest BCUT2D eigenvalue weighted by molar-refractivity contribution is -0.0591. The molecular formula is C10H16NO. The van der Waals surface area contributed by atoms with Gasteiger partial charge in [-0.2, -0.15) is 0 Å². The zero-order valence-electron chi connectivity index (χ0n) is 7.46. The number of hydrogen-bond donors (Lipinski definition) is 0. The maximum absolute atomic E-state index is 5.65. The van der Waals surface area contributed by atoms with Gasteiger partial charge in [0.25, 0.3) is 0 Å². The molecule has 1 aliphatic rings. The van der Waals surface area contributed by atoms with E-state index < -0.39 is 0 Å². The summed E-state index contributed by atoms with van der Waals surface area (Å²) in [6, 6.07) is 0. The van der Waals surface area contributed by atoms with E-state index in [1.54, 1.807) is 0 Å². The summed E-state index contributed by atoms with van der Waals surface area (Å²) in [4.78, 5) is 1.98. The molecule has 0 saturated carbocycles. The summed E-state index contributed by atoms with van der Waals surface area (Å²) in [5, 5.41) is 0. The van der Waals surface area contributed by atoms with Crippen molar-refractivity contribution in [3.63, 3.8) is 0 Å². The second kappa shape index (κ2) is 3.87. The first-order valence-corrected chi connectivity index (χ1v) is 4.19. The predicted molar refractivity (Wildman–Crippen MR) is 50.4 cm³/mol. The van der Waals surface area contributed by atoms with E-state index in [1.165, 1.54) is 0 Å². The Balaban J connectivity index is 2.69. The minimum Gasteiger partial charge on any atom is -0.358 e. The lowest BCUT2D eigenvalue weighted by Gasteiger charge is -2.32. The van der Waals surface area contributed by atoms with E-state index in [2.05, 4.69) is 20.2 Å². The second-order valence-corrected chi connectivity index (χ2v) is 3.04. The molecule has 0 aromatic rings. The van der Waals surface area contributed by atoms with E-state index in [0.717, 1.165) is 26.0 Å². The smallest absolute Gasteiger partial charge is 0.128 e. The molecule has 0 amide bonds. The van der Waals surface area contributed by atoms with Crippen LogP contribution in [0.25, 0.3) is 0 Å². The van der Waals surface area contributed by atoms with E-state index in [4.69, 9.17) is 4.74 Å². The van der Waals surface area contributed by atoms with Crippen LogP contribution in [0.5, 0.6) is 0 Å². The highest BCUT2D eigenvalue weighted by atomic mass is 16.5. The fourth-order valence-corrected chi connectivity index (χ4v) is 1.55. The van der Waals surface area contributed by atoms with E-state index in [0.29, 0.717) is 0 Å². The molecule has 12 heavy (non-hydrogen) atoms. The molecule has 1 heterocycles. The van der Waals surface area contributed by atoms with Crippen molar-refractivity contribution in [2.75, 3.05) is 13.2 Å². The average molecular weight is 166 g/mol. The highest BCUT2D eigenvalue weighted by Gasteiger charge is 2.37. The summed E-state index contributed by atoms with van der Waals surface area (Å²) in [6.45, 7) is 9.08. The summed E-state index contributed by atoms with van der Waals surface area (Å²) in [5.41, 5.74) is -0.260. The summed E-state index contributed by atoms with van der Waals surface area (Å²) in [5.74, 6) is 0. The molecular weight excluding hydrogens is 150 g/mol. The topological polar surface area (TPSA) is 12.5 Å². The monoisotopic (exact) mass is 166 g/mol. The summed E-state index contributed by atoms with van der Waals surface area (Å²) in [6.07, 6.45) is 5.35. The predicted octanol–water partition coefficient (Wildman–Crippen LogP) is 1.96. The van der Waals surface area contributed by atoms with Gasteiger partial charge in [0, 0.05) is 26.4 Å². The molecule has 0 unspecified atom stereocenters. The molecule has 0 spiro atoms. The van der Waals surface area contributed by atoms with Crippen LogP contribution in [0.1, 0.15) is 12.8 Å². The molecule has 0 aliphatic carbocycles. The standard InChI is InChI=1S/C10H16NO/c1-4-6-10(7-5-2)11(3)8-9-12-10/h4-5H,1-3,6-9H2. The van der Waals surface area contributed by atoms with Gasteiger partial charge >= 0.3 is 0 Å². The maximum atomic E-state index is 5.65. The van der Waals surface area contributed by atoms with Crippen molar-refractivity contribution < 1.29 is 4.74 Å². The lowest BCUT2D eigenvalue weighted by atomic mass is 10.1. The SMILES string of the molecule is [CH2]N1CCOC1(CC=C)CC=C. The van der Waals surface area contributed by atoms with E-state index in [9.17, 15) is 0 Å². The molecule has 2 heteroatoms. The van der Waals surface area contributed by atoms with Gasteiger partial charge in [0.15, 0.2) is 0 Å². The van der Waals surface area contributed by atoms with Gasteiger partial charge in [0.2, 0.25) is 0 Å². The number of rotatable bonds is 4. The van der Waals surface area contributed by atoms with Gasteiger partial charge in [0.1, 0.15) is 5.72 Å². The van der Waals surface area contributed by atoms with Crippen LogP contribution in [0.3, 0.4) is 0 Å². The Kier molecular flexibility index (Phi) is 3.06. The third-order valence-corrected chi connectivity index (χ3v) is 2.23. The fraction of sp³-hybridized carbons (Fsp3) is 0.500. The van der Waals surface area contributed by atoms with Crippen molar-refractivity contribution in [2.24, 2.45) is 0 Å². The van der Waals surface area contributed by atoms with Crippen molar-refractivity contribution in [3.05, 3.63) is 32.4 Å². The van der Waals surface area contributed by atoms with Crippen LogP contribution in [-0.2, 0) is 4.74 Å². The first-order chi connectivity index (χ1) is 5.75. The zero-order valence-corrected chi connectivity index (χ0v) is 7.46. The molecule has 1 saturated heterocycles. The van der Waals surface area contributed by atoms with Crippen LogP contribution >= 0.6 is 0 Å². The van der Waals surface area contributed by atoms with Crippen molar-refractivity contribution in [2.45, 2.75) is 18.6 Å². The highest BCUT2D eigenvalue weighted by Crippen LogP contribution is 2.30. The van der Waals surface area contributed by atoms with Crippen LogP contribution in [0.4, 0.5) is 0 Å². The van der Waals surface area contributed by atoms with Crippen molar-refractivity contribution in [3.8, 4) is 0 Å². The quantitative estimate of drug-likeness (QED) is 0.592. The van der Waals surface area contributed by atoms with Crippen molar-refractivity contribution >= 4 is 0 Å². The molecule has 0 bridgehead atoms. The Morgan fingerprint density at radius 2 is 1.92 bits per heavy atom. The van der Waals surface area contributed by atoms with Gasteiger partial charge in [0.05, 0.1) is 6.61 Å². The molecule has 0 N–H and O–H groups in total. The third-order valence-electron chi connectivity index (χ3n) is 2.23. The second-order valence-electron chi connectivity index (χ2n) is 3.04. The van der Waals surface area contributed by atoms with Crippen LogP contribution in [-0.4, -0.2) is 23.8 Å². The van der Waals surface area contributed by atoms with E-state index in [1.807, 2.05) is 17.1 Å². The summed E-state index contributed by atoms with van der Waals surface area (Å²) >= 11 is 0. The molecule has 1 rings (SSSR count). The number of ether oxygens (including phenoxy) is 1. The summed E-state index contributed by atoms with van der Waals surface area (Å²) < 4.78 is 5.65. The minimum atomic E-state index is -0.260. The molecule has 67 valence electrons. The van der Waals surface area contributed by atoms with Gasteiger partial charge in [-0.15, -0.1) is 13.2 Å². The maximum Gasteiger partial charge on any atom is 0.128 e. The normalized spacial score (nSPS) is 22.4. The zero-order chi connectivity index (χ0) is 9.03. The van der Waals surface area contributed by atoms with Crippen molar-refractivity contribution in [1.29, 1.82) is 0 Å². The van der Waals surface area contributed by atoms with Gasteiger partial charge in [-0.25, -0.2) is 0 Å². The Bertz CT molecular complexity index is 167. The Morgan fingerprint density at radius 1 is 1.33 bits per heavy atom. The van der Waals surface area contributed by atoms with Gasteiger partial charge in [-0.1, -0.05) is 12.2 Å². The third kappa shape index (κ3) is 1.59. The molecule has 0 aromatic carbocycles. The van der Waals surface area contributed by atoms with Gasteiger partial charge in [-0.05, 0) is 0 Å². The Morgan fingerprint density at radius 3 is 2.25 bits per heavy atom. The first-order valence-electron chi connectivity index (χ1n) is 4.19. The Labute approximate surface area is 74.5 Å². The molecule has 0 atom stereocenters. The summed E-state index contributed by atoms with van der Waals surface area (Å²) in [7, 11) is 3.94. The molecule has 0 aromatic heterocycles. The largest absolute Gasteiger partial charge is 0.358 e. The van der Waals surface area contributed by atoms with E-state index in [-0.39, 0.29) is 5.72 Å². The molecule has 1 aliphatic heterocycles. The van der Waals surface area contributed by atoms with Gasteiger partial charge in [-0.3, -0.25) is 4.90 Å². The molecule has 1 fully saturated rings. The van der Waals surface area contributed by atoms with Crippen LogP contribution in [0.2, 0.25) is 0 Å². The minimum absolute atomic E-state index is 0.260. The van der Waals surface area contributed by atoms with Crippen LogP contribution in [0, 0.1) is 7.05 Å². The lowest BCUT2D eigenvalue weighted by Crippen LogP contribution is -2.40. The van der Waals surface area contributed by atoms with E-state index >= 15 is 0 Å². The Hall–Kier alpha value is -0.600. The first kappa shape index (κ1) is 9.49. The van der Waals surface area contributed by atoms with Gasteiger partial charge < -0.3 is 4.74 Å². The number of hydrogen-bond acceptors (Lipinski definition) is 2. The molecule has 2 nitrogen and oxygen atoms in total. The van der Waals surface area contributed by atoms with Crippen molar-refractivity contribution in [1.82, 2.24) is 4.90 Å². The molecule has 1 radical (unpaired) electrons. The van der Waals surface area contributed by atoms with Crippen LogP contribution < -0.4 is 0 Å².